The first-order chi connectivity index (χ1) is 36.3. The Balaban J connectivity index is 0.900. The van der Waals surface area contributed by atoms with Crippen molar-refractivity contribution in [2.45, 2.75) is 112 Å². The second-order valence-electron chi connectivity index (χ2n) is 22.5. The number of para-hydroxylation sites is 3. The molecule has 0 bridgehead atoms. The molecule has 0 amide bonds. The van der Waals surface area contributed by atoms with E-state index >= 15 is 0 Å². The number of anilines is 3. The molecule has 0 N–H and O–H groups in total. The van der Waals surface area contributed by atoms with Crippen LogP contribution < -0.4 is 14.5 Å². The molecule has 10 rings (SSSR count). The van der Waals surface area contributed by atoms with Crippen molar-refractivity contribution in [2.75, 3.05) is 23.0 Å². The zero-order valence-corrected chi connectivity index (χ0v) is 42.8. The number of nitrogens with zero attached hydrogens (tertiary/aromatic N) is 4. The van der Waals surface area contributed by atoms with E-state index in [0.717, 1.165) is 85.2 Å². The van der Waals surface area contributed by atoms with Crippen LogP contribution in [0.5, 0.6) is 5.75 Å². The second kappa shape index (κ2) is 18.6. The van der Waals surface area contributed by atoms with Crippen LogP contribution in [-0.2, 0) is 29.3 Å². The predicted molar refractivity (Wildman–Crippen MR) is 301 cm³/mol. The average molecular weight is 941 g/mol. The van der Waals surface area contributed by atoms with Crippen molar-refractivity contribution in [3.05, 3.63) is 203 Å². The first-order valence-corrected chi connectivity index (χ1v) is 25.1. The van der Waals surface area contributed by atoms with E-state index in [9.17, 15) is 0 Å². The molecule has 71 heavy (non-hydrogen) atoms. The molecule has 7 aromatic carbocycles. The number of pyridine rings is 1. The molecule has 2 aromatic heterocycles. The largest absolute Gasteiger partial charge is 0.489 e. The van der Waals surface area contributed by atoms with Gasteiger partial charge in [0, 0.05) is 49.1 Å². The third kappa shape index (κ3) is 9.59. The number of rotatable bonds is 11. The normalized spacial score (nSPS) is 14.7. The molecule has 5 heteroatoms. The third-order valence-electron chi connectivity index (χ3n) is 14.3. The van der Waals surface area contributed by atoms with Gasteiger partial charge in [-0.1, -0.05) is 165 Å². The fourth-order valence-corrected chi connectivity index (χ4v) is 10.1. The maximum atomic E-state index is 8.68. The standard InChI is InChI=1S/C66H70N4O/c1-44-20-16-26-55(48-37-50(65(6,7)8)39-51(38-48)66(9,10)11)54(44)27-19-33-68-43-69(61-30-15-14-29-60(61)68)52-24-17-21-46(35-52)42-71-53-31-32-57-56-25-12-13-28-59(56)70(62(57)40-53)63-34-45(2)58(41-67-63)47-22-18-23-49(36-47)64(3,4)5/h12-18,20-26,28-32,34-41H,19,27,33,42-43H2,1-11H3/i1D3,2D3. The highest BCUT2D eigenvalue weighted by Gasteiger charge is 2.27. The van der Waals surface area contributed by atoms with E-state index < -0.39 is 13.7 Å². The number of hydrogen-bond acceptors (Lipinski definition) is 4. The van der Waals surface area contributed by atoms with Crippen LogP contribution in [0.1, 0.15) is 116 Å². The van der Waals surface area contributed by atoms with Crippen molar-refractivity contribution in [2.24, 2.45) is 0 Å². The lowest BCUT2D eigenvalue weighted by atomic mass is 9.78. The first-order valence-electron chi connectivity index (χ1n) is 28.1. The van der Waals surface area contributed by atoms with Gasteiger partial charge in [-0.25, -0.2) is 4.98 Å². The van der Waals surface area contributed by atoms with Crippen LogP contribution in [0.3, 0.4) is 0 Å². The molecule has 0 aliphatic carbocycles. The van der Waals surface area contributed by atoms with Crippen molar-refractivity contribution in [3.63, 3.8) is 0 Å². The third-order valence-corrected chi connectivity index (χ3v) is 14.3. The van der Waals surface area contributed by atoms with Gasteiger partial charge in [0.05, 0.1) is 29.1 Å². The van der Waals surface area contributed by atoms with Crippen LogP contribution in [-0.4, -0.2) is 22.8 Å². The molecule has 0 saturated heterocycles. The molecular formula is C66H70N4O. The summed E-state index contributed by atoms with van der Waals surface area (Å²) in [7, 11) is 0. The van der Waals surface area contributed by atoms with Crippen LogP contribution in [0.2, 0.25) is 0 Å². The Kier molecular flexibility index (Phi) is 10.6. The van der Waals surface area contributed by atoms with Gasteiger partial charge in [0.2, 0.25) is 0 Å². The van der Waals surface area contributed by atoms with Crippen molar-refractivity contribution < 1.29 is 13.0 Å². The van der Waals surface area contributed by atoms with E-state index in [1.807, 2.05) is 53.1 Å². The van der Waals surface area contributed by atoms with E-state index in [1.165, 1.54) is 11.1 Å². The highest BCUT2D eigenvalue weighted by molar-refractivity contribution is 6.09. The van der Waals surface area contributed by atoms with Crippen molar-refractivity contribution in [3.8, 4) is 33.8 Å². The molecule has 0 fully saturated rings. The topological polar surface area (TPSA) is 33.5 Å². The van der Waals surface area contributed by atoms with Gasteiger partial charge in [-0.05, 0) is 147 Å². The summed E-state index contributed by atoms with van der Waals surface area (Å²) in [6.45, 7) is 16.9. The minimum Gasteiger partial charge on any atom is -0.489 e. The van der Waals surface area contributed by atoms with E-state index in [4.69, 9.17) is 17.9 Å². The number of ether oxygens (including phenoxy) is 1. The Bertz CT molecular complexity index is 3630. The van der Waals surface area contributed by atoms with Gasteiger partial charge < -0.3 is 14.5 Å². The summed E-state index contributed by atoms with van der Waals surface area (Å²) in [4.78, 5) is 9.71. The summed E-state index contributed by atoms with van der Waals surface area (Å²) in [6.07, 6.45) is 3.09. The maximum Gasteiger partial charge on any atom is 0.137 e. The van der Waals surface area contributed by atoms with Crippen LogP contribution in [0.4, 0.5) is 17.1 Å². The van der Waals surface area contributed by atoms with E-state index in [1.54, 1.807) is 18.3 Å². The fourth-order valence-electron chi connectivity index (χ4n) is 10.1. The predicted octanol–water partition coefficient (Wildman–Crippen LogP) is 17.1. The number of hydrogen-bond donors (Lipinski definition) is 0. The van der Waals surface area contributed by atoms with Crippen LogP contribution in [0.25, 0.3) is 49.9 Å². The number of aromatic nitrogens is 2. The molecule has 360 valence electrons. The molecule has 9 aromatic rings. The van der Waals surface area contributed by atoms with Crippen molar-refractivity contribution in [1.29, 1.82) is 0 Å². The molecule has 0 atom stereocenters. The van der Waals surface area contributed by atoms with Gasteiger partial charge in [0.25, 0.3) is 0 Å². The Morgan fingerprint density at radius 1 is 0.563 bits per heavy atom. The van der Waals surface area contributed by atoms with Gasteiger partial charge in [-0.15, -0.1) is 0 Å². The first kappa shape index (κ1) is 40.6. The molecule has 1 aliphatic heterocycles. The summed E-state index contributed by atoms with van der Waals surface area (Å²) < 4.78 is 60.6. The monoisotopic (exact) mass is 941 g/mol. The Labute approximate surface area is 431 Å². The number of benzene rings is 7. The van der Waals surface area contributed by atoms with Crippen LogP contribution in [0.15, 0.2) is 164 Å². The zero-order chi connectivity index (χ0) is 54.8. The summed E-state index contributed by atoms with van der Waals surface area (Å²) >= 11 is 0. The van der Waals surface area contributed by atoms with Crippen molar-refractivity contribution >= 4 is 38.9 Å². The molecular weight excluding hydrogens is 865 g/mol. The average Bonchev–Trinajstić information content (AvgIpc) is 3.94. The van der Waals surface area contributed by atoms with Crippen LogP contribution >= 0.6 is 0 Å². The number of aryl methyl sites for hydroxylation is 2. The lowest BCUT2D eigenvalue weighted by Crippen LogP contribution is -2.29. The van der Waals surface area contributed by atoms with E-state index in [-0.39, 0.29) is 21.8 Å². The highest BCUT2D eigenvalue weighted by atomic mass is 16.5. The molecule has 5 nitrogen and oxygen atoms in total. The summed E-state index contributed by atoms with van der Waals surface area (Å²) in [5.41, 5.74) is 14.4. The van der Waals surface area contributed by atoms with E-state index in [0.29, 0.717) is 42.4 Å². The quantitative estimate of drug-likeness (QED) is 0.129. The molecule has 0 spiro atoms. The maximum absolute atomic E-state index is 8.68. The lowest BCUT2D eigenvalue weighted by Gasteiger charge is -2.27. The Morgan fingerprint density at radius 2 is 1.25 bits per heavy atom. The summed E-state index contributed by atoms with van der Waals surface area (Å²) in [6, 6.07) is 53.6. The SMILES string of the molecule is [2H]C([2H])([2H])c1cc(-n2c3ccccc3c3ccc(OCc4cccc(N5CN(CCCc6c(-c7cc(C(C)(C)C)cc(C(C)(C)C)c7)cccc6C([2H])([2H])[2H])c6ccccc65)c4)cc32)ncc1-c1cccc(C(C)(C)C)c1. The molecule has 3 heterocycles. The van der Waals surface area contributed by atoms with Gasteiger partial charge in [0.15, 0.2) is 0 Å². The second-order valence-corrected chi connectivity index (χ2v) is 22.5. The summed E-state index contributed by atoms with van der Waals surface area (Å²) in [5, 5.41) is 2.04. The highest BCUT2D eigenvalue weighted by Crippen LogP contribution is 2.42. The van der Waals surface area contributed by atoms with Gasteiger partial charge in [-0.3, -0.25) is 4.57 Å². The van der Waals surface area contributed by atoms with Gasteiger partial charge >= 0.3 is 0 Å². The molecule has 0 radical (unpaired) electrons. The smallest absolute Gasteiger partial charge is 0.137 e. The lowest BCUT2D eigenvalue weighted by molar-refractivity contribution is 0.306. The summed E-state index contributed by atoms with van der Waals surface area (Å²) in [5.74, 6) is 1.20. The van der Waals surface area contributed by atoms with Crippen LogP contribution in [0, 0.1) is 13.7 Å². The number of fused-ring (bicyclic) bond motifs is 4. The van der Waals surface area contributed by atoms with Gasteiger partial charge in [-0.2, -0.15) is 0 Å². The minimum atomic E-state index is -2.39. The molecule has 1 aliphatic rings. The molecule has 0 unspecified atom stereocenters. The van der Waals surface area contributed by atoms with Crippen molar-refractivity contribution in [1.82, 2.24) is 9.55 Å². The molecule has 0 saturated carbocycles. The zero-order valence-electron chi connectivity index (χ0n) is 48.8. The Morgan fingerprint density at radius 3 is 2.01 bits per heavy atom. The minimum absolute atomic E-state index is 0.0802. The Hall–Kier alpha value is -7.11. The fraction of sp³-hybridized carbons (Fsp3) is 0.288. The van der Waals surface area contributed by atoms with E-state index in [2.05, 4.69) is 169 Å². The van der Waals surface area contributed by atoms with Gasteiger partial charge in [0.1, 0.15) is 18.2 Å².